The van der Waals surface area contributed by atoms with Crippen LogP contribution >= 0.6 is 0 Å². The van der Waals surface area contributed by atoms with Gasteiger partial charge >= 0.3 is 7.12 Å². The monoisotopic (exact) mass is 534 g/mol. The number of aromatic nitrogens is 2. The maximum absolute atomic E-state index is 6.45. The van der Waals surface area contributed by atoms with Crippen molar-refractivity contribution < 1.29 is 9.31 Å². The maximum Gasteiger partial charge on any atom is 0.494 e. The summed E-state index contributed by atoms with van der Waals surface area (Å²) in [5.41, 5.74) is 7.21. The average Bonchev–Trinajstić information content (AvgIpc) is 3.57. The van der Waals surface area contributed by atoms with Crippen LogP contribution < -0.4 is 5.46 Å². The molecule has 0 saturated carbocycles. The van der Waals surface area contributed by atoms with E-state index < -0.39 is 18.3 Å². The quantitative estimate of drug-likeness (QED) is 0.214. The van der Waals surface area contributed by atoms with Crippen molar-refractivity contribution in [3.8, 4) is 11.4 Å². The van der Waals surface area contributed by atoms with Crippen LogP contribution in [0.3, 0.4) is 0 Å². The molecule has 0 aliphatic carbocycles. The summed E-state index contributed by atoms with van der Waals surface area (Å²) in [6.07, 6.45) is 0. The second kappa shape index (κ2) is 8.59. The molecule has 4 nitrogen and oxygen atoms in total. The van der Waals surface area contributed by atoms with E-state index in [9.17, 15) is 0 Å². The molecule has 0 atom stereocenters. The van der Waals surface area contributed by atoms with E-state index in [1.165, 1.54) is 43.6 Å². The van der Waals surface area contributed by atoms with Gasteiger partial charge in [-0.25, -0.2) is 0 Å². The number of fused-ring (bicyclic) bond motifs is 7. The highest BCUT2D eigenvalue weighted by Crippen LogP contribution is 2.42. The highest BCUT2D eigenvalue weighted by Gasteiger charge is 2.51. The Hall–Kier alpha value is -4.32. The molecule has 1 aliphatic rings. The Bertz CT molecular complexity index is 2100. The van der Waals surface area contributed by atoms with Crippen molar-refractivity contribution in [2.45, 2.75) is 38.9 Å². The summed E-state index contributed by atoms with van der Waals surface area (Å²) < 4.78 is 17.7. The first kappa shape index (κ1) is 24.5. The summed E-state index contributed by atoms with van der Waals surface area (Å²) in [7, 11) is -0.427. The Kier molecular flexibility index (Phi) is 5.13. The lowest BCUT2D eigenvalue weighted by atomic mass is 9.79. The molecule has 0 amide bonds. The lowest BCUT2D eigenvalue weighted by Gasteiger charge is -2.32. The molecule has 8 rings (SSSR count). The molecule has 5 heteroatoms. The molecule has 0 bridgehead atoms. The topological polar surface area (TPSA) is 28.3 Å². The molecule has 41 heavy (non-hydrogen) atoms. The van der Waals surface area contributed by atoms with E-state index in [0.29, 0.717) is 0 Å². The average molecular weight is 534 g/mol. The van der Waals surface area contributed by atoms with Crippen LogP contribution in [0.5, 0.6) is 0 Å². The molecule has 7 aromatic rings. The van der Waals surface area contributed by atoms with E-state index in [2.05, 4.69) is 152 Å². The molecule has 1 aliphatic heterocycles. The summed E-state index contributed by atoms with van der Waals surface area (Å²) in [5.74, 6) is 0. The second-order valence-electron chi connectivity index (χ2n) is 12.1. The molecule has 5 aromatic carbocycles. The third-order valence-corrected chi connectivity index (χ3v) is 9.14. The lowest BCUT2D eigenvalue weighted by Crippen LogP contribution is -2.41. The molecule has 0 spiro atoms. The number of rotatable bonds is 3. The molecule has 0 radical (unpaired) electrons. The lowest BCUT2D eigenvalue weighted by molar-refractivity contribution is 0.00578. The predicted octanol–water partition coefficient (Wildman–Crippen LogP) is 8.18. The van der Waals surface area contributed by atoms with Crippen molar-refractivity contribution in [3.63, 3.8) is 0 Å². The van der Waals surface area contributed by atoms with Crippen molar-refractivity contribution in [1.29, 1.82) is 0 Å². The second-order valence-corrected chi connectivity index (χ2v) is 12.1. The molecule has 1 fully saturated rings. The first-order chi connectivity index (χ1) is 19.8. The molecular formula is C36H31BN2O2. The summed E-state index contributed by atoms with van der Waals surface area (Å²) in [6.45, 7) is 8.40. The molecular weight excluding hydrogens is 503 g/mol. The van der Waals surface area contributed by atoms with Gasteiger partial charge < -0.3 is 18.4 Å². The number of benzene rings is 5. The predicted molar refractivity (Wildman–Crippen MR) is 171 cm³/mol. The minimum absolute atomic E-state index is 0.400. The number of para-hydroxylation sites is 3. The normalized spacial score (nSPS) is 16.4. The fourth-order valence-electron chi connectivity index (χ4n) is 6.40. The minimum Gasteiger partial charge on any atom is -0.399 e. The highest BCUT2D eigenvalue weighted by atomic mass is 16.7. The van der Waals surface area contributed by atoms with E-state index in [-0.39, 0.29) is 0 Å². The number of hydrogen-bond donors (Lipinski definition) is 0. The SMILES string of the molecule is CC1(C)OB(c2cccc(-n3c4ccccc4c4ccc5c6ccccc6n(-c6ccccc6)c5c43)c2)OC1(C)C. The summed E-state index contributed by atoms with van der Waals surface area (Å²) in [6, 6.07) is 41.3. The largest absolute Gasteiger partial charge is 0.494 e. The van der Waals surface area contributed by atoms with Crippen molar-refractivity contribution >= 4 is 56.2 Å². The van der Waals surface area contributed by atoms with Crippen LogP contribution in [-0.2, 0) is 9.31 Å². The Balaban J connectivity index is 1.48. The first-order valence-electron chi connectivity index (χ1n) is 14.3. The highest BCUT2D eigenvalue weighted by molar-refractivity contribution is 6.62. The van der Waals surface area contributed by atoms with Crippen LogP contribution in [0.25, 0.3) is 55.0 Å². The van der Waals surface area contributed by atoms with E-state index in [1.807, 2.05) is 0 Å². The van der Waals surface area contributed by atoms with E-state index >= 15 is 0 Å². The van der Waals surface area contributed by atoms with Gasteiger partial charge in [-0.3, -0.25) is 0 Å². The maximum atomic E-state index is 6.45. The Morgan fingerprint density at radius 2 is 0.976 bits per heavy atom. The minimum atomic E-state index is -0.427. The van der Waals surface area contributed by atoms with Gasteiger partial charge in [0.1, 0.15) is 0 Å². The Labute approximate surface area is 239 Å². The molecule has 2 aromatic heterocycles. The van der Waals surface area contributed by atoms with Crippen molar-refractivity contribution in [3.05, 3.63) is 115 Å². The number of nitrogens with zero attached hydrogens (tertiary/aromatic N) is 2. The van der Waals surface area contributed by atoms with Crippen LogP contribution in [0.1, 0.15) is 27.7 Å². The van der Waals surface area contributed by atoms with Gasteiger partial charge in [0.25, 0.3) is 0 Å². The van der Waals surface area contributed by atoms with Crippen molar-refractivity contribution in [1.82, 2.24) is 9.13 Å². The van der Waals surface area contributed by atoms with Crippen LogP contribution in [0.4, 0.5) is 0 Å². The summed E-state index contributed by atoms with van der Waals surface area (Å²) in [4.78, 5) is 0. The van der Waals surface area contributed by atoms with Crippen molar-refractivity contribution in [2.24, 2.45) is 0 Å². The first-order valence-corrected chi connectivity index (χ1v) is 14.3. The van der Waals surface area contributed by atoms with Gasteiger partial charge in [0.05, 0.1) is 33.3 Å². The van der Waals surface area contributed by atoms with E-state index in [1.54, 1.807) is 0 Å². The Morgan fingerprint density at radius 3 is 1.56 bits per heavy atom. The van der Waals surface area contributed by atoms with Gasteiger partial charge in [0.2, 0.25) is 0 Å². The molecule has 0 unspecified atom stereocenters. The zero-order valence-electron chi connectivity index (χ0n) is 23.8. The Morgan fingerprint density at radius 1 is 0.488 bits per heavy atom. The standard InChI is InChI=1S/C36H31BN2O2/c1-35(2)36(3,4)41-37(40-35)24-13-12-16-26(23-24)39-32-20-11-9-18-28(32)30-22-21-29-27-17-8-10-19-31(27)38(33(29)34(30)39)25-14-6-5-7-15-25/h5-23H,1-4H3. The van der Waals surface area contributed by atoms with Crippen molar-refractivity contribution in [2.75, 3.05) is 0 Å². The van der Waals surface area contributed by atoms with E-state index in [0.717, 1.165) is 16.8 Å². The smallest absolute Gasteiger partial charge is 0.399 e. The zero-order valence-corrected chi connectivity index (χ0v) is 23.8. The van der Waals surface area contributed by atoms with Crippen LogP contribution in [-0.4, -0.2) is 27.5 Å². The van der Waals surface area contributed by atoms with Crippen LogP contribution in [0.15, 0.2) is 115 Å². The molecule has 1 saturated heterocycles. The van der Waals surface area contributed by atoms with Gasteiger partial charge in [0.15, 0.2) is 0 Å². The third kappa shape index (κ3) is 3.49. The number of hydrogen-bond acceptors (Lipinski definition) is 2. The fraction of sp³-hybridized carbons (Fsp3) is 0.167. The zero-order chi connectivity index (χ0) is 27.9. The van der Waals surface area contributed by atoms with Crippen LogP contribution in [0, 0.1) is 0 Å². The molecule has 200 valence electrons. The van der Waals surface area contributed by atoms with Gasteiger partial charge in [0, 0.05) is 32.9 Å². The van der Waals surface area contributed by atoms with Gasteiger partial charge in [-0.15, -0.1) is 0 Å². The third-order valence-electron chi connectivity index (χ3n) is 9.14. The summed E-state index contributed by atoms with van der Waals surface area (Å²) >= 11 is 0. The van der Waals surface area contributed by atoms with Gasteiger partial charge in [-0.05, 0) is 69.6 Å². The van der Waals surface area contributed by atoms with Crippen LogP contribution in [0.2, 0.25) is 0 Å². The summed E-state index contributed by atoms with van der Waals surface area (Å²) in [5, 5.41) is 4.95. The van der Waals surface area contributed by atoms with Gasteiger partial charge in [-0.2, -0.15) is 0 Å². The van der Waals surface area contributed by atoms with E-state index in [4.69, 9.17) is 9.31 Å². The fourth-order valence-corrected chi connectivity index (χ4v) is 6.40. The molecule has 0 N–H and O–H groups in total. The molecule has 3 heterocycles. The van der Waals surface area contributed by atoms with Gasteiger partial charge in [-0.1, -0.05) is 78.9 Å².